The third kappa shape index (κ3) is 7.33. The van der Waals surface area contributed by atoms with E-state index in [0.717, 1.165) is 107 Å². The molecule has 2 aromatic carbocycles. The van der Waals surface area contributed by atoms with Gasteiger partial charge in [-0.05, 0) is 106 Å². The molecule has 1 N–H and O–H groups in total. The van der Waals surface area contributed by atoms with Crippen molar-refractivity contribution in [1.29, 1.82) is 0 Å². The number of nitrogens with zero attached hydrogens (tertiary/aromatic N) is 8. The molecule has 1 atom stereocenters. The third-order valence-electron chi connectivity index (χ3n) is 11.7. The van der Waals surface area contributed by atoms with E-state index in [1.165, 1.54) is 5.56 Å². The van der Waals surface area contributed by atoms with Crippen LogP contribution in [0.5, 0.6) is 0 Å². The second-order valence-electron chi connectivity index (χ2n) is 15.3. The molecular weight excluding hydrogens is 758 g/mol. The van der Waals surface area contributed by atoms with Gasteiger partial charge in [-0.2, -0.15) is 5.10 Å². The van der Waals surface area contributed by atoms with Crippen LogP contribution in [0.1, 0.15) is 92.4 Å². The number of imide groups is 1. The number of carbonyl (C=O) groups excluding carboxylic acids is 3. The number of carbonyl (C=O) groups is 3. The number of amides is 3. The van der Waals surface area contributed by atoms with Crippen LogP contribution in [0.4, 0.5) is 0 Å². The number of aryl methyl sites for hydroxylation is 2. The standard InChI is InChI=1S/C43H42ClN9O3S/c1-26-36(57-43-39(26)40(30-8-10-32(44)11-9-30)45-23-37-49-48-27(2)53(37)43)13-7-29-22-46-51(24-29)18-4-17-50-19-15-28(16-20-50)21-31-5-3-6-33-34(31)25-52(42(33)56)35-12-14-38(54)47-41(35)55/h3,5-6,8-11,22,24,28,35H,4,12,14-21,23,25H2,1-2H3,(H,47,54,55). The van der Waals surface area contributed by atoms with Crippen molar-refractivity contribution < 1.29 is 14.4 Å². The number of hydrogen-bond acceptors (Lipinski definition) is 9. The Balaban J connectivity index is 0.795. The second-order valence-corrected chi connectivity index (χ2v) is 16.8. The summed E-state index contributed by atoms with van der Waals surface area (Å²) in [5.74, 6) is 8.22. The summed E-state index contributed by atoms with van der Waals surface area (Å²) in [5.41, 5.74) is 7.84. The highest BCUT2D eigenvalue weighted by atomic mass is 35.5. The van der Waals surface area contributed by atoms with Gasteiger partial charge in [-0.3, -0.25) is 33.9 Å². The van der Waals surface area contributed by atoms with Gasteiger partial charge in [-0.25, -0.2) is 0 Å². The summed E-state index contributed by atoms with van der Waals surface area (Å²) in [4.78, 5) is 47.6. The van der Waals surface area contributed by atoms with Crippen LogP contribution in [0.25, 0.3) is 5.00 Å². The van der Waals surface area contributed by atoms with Crippen molar-refractivity contribution in [3.8, 4) is 16.8 Å². The molecule has 0 aliphatic carbocycles. The van der Waals surface area contributed by atoms with Gasteiger partial charge in [0.1, 0.15) is 23.4 Å². The first-order chi connectivity index (χ1) is 27.7. The maximum atomic E-state index is 13.3. The molecule has 1 unspecified atom stereocenters. The van der Waals surface area contributed by atoms with Gasteiger partial charge in [-0.15, -0.1) is 21.5 Å². The zero-order valence-electron chi connectivity index (χ0n) is 31.9. The molecule has 0 radical (unpaired) electrons. The zero-order chi connectivity index (χ0) is 39.2. The fourth-order valence-electron chi connectivity index (χ4n) is 8.60. The predicted octanol–water partition coefficient (Wildman–Crippen LogP) is 5.65. The average Bonchev–Trinajstić information content (AvgIpc) is 3.95. The highest BCUT2D eigenvalue weighted by Crippen LogP contribution is 2.37. The Hall–Kier alpha value is -5.42. The number of rotatable bonds is 8. The monoisotopic (exact) mass is 799 g/mol. The van der Waals surface area contributed by atoms with Crippen LogP contribution >= 0.6 is 22.9 Å². The molecule has 2 saturated heterocycles. The van der Waals surface area contributed by atoms with E-state index >= 15 is 0 Å². The van der Waals surface area contributed by atoms with Crippen LogP contribution < -0.4 is 5.32 Å². The molecule has 290 valence electrons. The van der Waals surface area contributed by atoms with Gasteiger partial charge in [0.2, 0.25) is 11.8 Å². The van der Waals surface area contributed by atoms with Gasteiger partial charge in [0.25, 0.3) is 5.91 Å². The second kappa shape index (κ2) is 15.5. The van der Waals surface area contributed by atoms with E-state index in [1.807, 2.05) is 60.4 Å². The lowest BCUT2D eigenvalue weighted by Crippen LogP contribution is -2.52. The number of likely N-dealkylation sites (tertiary alicyclic amines) is 1. The first-order valence-electron chi connectivity index (χ1n) is 19.6. The van der Waals surface area contributed by atoms with Crippen LogP contribution in [0.2, 0.25) is 5.02 Å². The van der Waals surface area contributed by atoms with Crippen LogP contribution in [-0.2, 0) is 35.6 Å². The van der Waals surface area contributed by atoms with Crippen molar-refractivity contribution >= 4 is 46.4 Å². The summed E-state index contributed by atoms with van der Waals surface area (Å²) in [6.07, 6.45) is 8.63. The maximum absolute atomic E-state index is 13.3. The number of piperidine rings is 2. The minimum atomic E-state index is -0.591. The summed E-state index contributed by atoms with van der Waals surface area (Å²) < 4.78 is 4.09. The van der Waals surface area contributed by atoms with Crippen molar-refractivity contribution in [3.63, 3.8) is 0 Å². The zero-order valence-corrected chi connectivity index (χ0v) is 33.5. The number of aliphatic imine (C=N–C) groups is 1. The largest absolute Gasteiger partial charge is 0.322 e. The summed E-state index contributed by atoms with van der Waals surface area (Å²) >= 11 is 7.86. The molecular formula is C43H42ClN9O3S. The number of fused-ring (bicyclic) bond motifs is 4. The van der Waals surface area contributed by atoms with Gasteiger partial charge in [0.15, 0.2) is 5.82 Å². The molecule has 3 aromatic heterocycles. The number of nitrogens with one attached hydrogen (secondary N) is 1. The summed E-state index contributed by atoms with van der Waals surface area (Å²) in [7, 11) is 0. The molecule has 57 heavy (non-hydrogen) atoms. The van der Waals surface area contributed by atoms with E-state index in [0.29, 0.717) is 36.0 Å². The van der Waals surface area contributed by atoms with Gasteiger partial charge in [0, 0.05) is 47.4 Å². The Bertz CT molecular complexity index is 2500. The Labute approximate surface area is 339 Å². The lowest BCUT2D eigenvalue weighted by molar-refractivity contribution is -0.136. The fraction of sp³-hybridized carbons (Fsp3) is 0.372. The Morgan fingerprint density at radius 2 is 1.81 bits per heavy atom. The van der Waals surface area contributed by atoms with E-state index in [4.69, 9.17) is 16.6 Å². The lowest BCUT2D eigenvalue weighted by Gasteiger charge is -2.32. The predicted molar refractivity (Wildman–Crippen MR) is 218 cm³/mol. The number of halogens is 1. The third-order valence-corrected chi connectivity index (χ3v) is 13.1. The number of aromatic nitrogens is 5. The molecule has 4 aliphatic rings. The number of benzene rings is 2. The fourth-order valence-corrected chi connectivity index (χ4v) is 9.96. The molecule has 3 amide bonds. The summed E-state index contributed by atoms with van der Waals surface area (Å²) in [6.45, 7) is 8.85. The molecule has 0 bridgehead atoms. The van der Waals surface area contributed by atoms with Gasteiger partial charge in [-0.1, -0.05) is 47.7 Å². The van der Waals surface area contributed by atoms with E-state index in [2.05, 4.69) is 54.9 Å². The van der Waals surface area contributed by atoms with E-state index in [1.54, 1.807) is 16.2 Å². The minimum Gasteiger partial charge on any atom is -0.322 e. The van der Waals surface area contributed by atoms with Gasteiger partial charge < -0.3 is 9.80 Å². The van der Waals surface area contributed by atoms with Crippen molar-refractivity contribution in [1.82, 2.24) is 39.7 Å². The topological polar surface area (TPSA) is 131 Å². The Kier molecular flexibility index (Phi) is 10.1. The normalized spacial score (nSPS) is 18.4. The first-order valence-corrected chi connectivity index (χ1v) is 20.8. The van der Waals surface area contributed by atoms with Gasteiger partial charge >= 0.3 is 0 Å². The highest BCUT2D eigenvalue weighted by Gasteiger charge is 2.40. The lowest BCUT2D eigenvalue weighted by atomic mass is 9.87. The highest BCUT2D eigenvalue weighted by molar-refractivity contribution is 7.15. The van der Waals surface area contributed by atoms with Crippen molar-refractivity contribution in [2.24, 2.45) is 10.9 Å². The van der Waals surface area contributed by atoms with Crippen LogP contribution in [-0.4, -0.2) is 83.5 Å². The molecule has 2 fully saturated rings. The van der Waals surface area contributed by atoms with Crippen molar-refractivity contribution in [2.45, 2.75) is 78.0 Å². The summed E-state index contributed by atoms with van der Waals surface area (Å²) in [5, 5.41) is 17.5. The molecule has 5 aromatic rings. The first kappa shape index (κ1) is 37.2. The summed E-state index contributed by atoms with van der Waals surface area (Å²) in [6, 6.07) is 13.2. The van der Waals surface area contributed by atoms with Gasteiger partial charge in [0.05, 0.1) is 22.3 Å². The molecule has 7 heterocycles. The van der Waals surface area contributed by atoms with Crippen molar-refractivity contribution in [2.75, 3.05) is 19.6 Å². The van der Waals surface area contributed by atoms with Crippen molar-refractivity contribution in [3.05, 3.63) is 115 Å². The smallest absolute Gasteiger partial charge is 0.255 e. The van der Waals surface area contributed by atoms with E-state index < -0.39 is 6.04 Å². The molecule has 0 spiro atoms. The Morgan fingerprint density at radius 3 is 2.61 bits per heavy atom. The quantitative estimate of drug-likeness (QED) is 0.159. The molecule has 4 aliphatic heterocycles. The SMILES string of the molecule is Cc1c(C#Cc2cnn(CCCN3CCC(Cc4cccc5c4CN(C4CCC(=O)NC4=O)C5=O)CC3)c2)sc2c1C(c1ccc(Cl)cc1)=NCc1nnc(C)n1-2. The number of hydrogen-bond donors (Lipinski definition) is 1. The minimum absolute atomic E-state index is 0.110. The van der Waals surface area contributed by atoms with Crippen LogP contribution in [0.15, 0.2) is 59.9 Å². The van der Waals surface area contributed by atoms with E-state index in [-0.39, 0.29) is 24.1 Å². The number of thiophene rings is 1. The van der Waals surface area contributed by atoms with E-state index in [9.17, 15) is 14.4 Å². The van der Waals surface area contributed by atoms with Crippen LogP contribution in [0, 0.1) is 31.6 Å². The Morgan fingerprint density at radius 1 is 0.982 bits per heavy atom. The van der Waals surface area contributed by atoms with Crippen LogP contribution in [0.3, 0.4) is 0 Å². The maximum Gasteiger partial charge on any atom is 0.255 e. The molecule has 12 nitrogen and oxygen atoms in total. The molecule has 14 heteroatoms. The average molecular weight is 800 g/mol. The molecule has 0 saturated carbocycles. The molecule has 9 rings (SSSR count).